The Kier molecular flexibility index (Phi) is 8.20. The first-order valence-electron chi connectivity index (χ1n) is 7.87. The Morgan fingerprint density at radius 3 is 2.30 bits per heavy atom. The zero-order chi connectivity index (χ0) is 14.8. The summed E-state index contributed by atoms with van der Waals surface area (Å²) in [6, 6.07) is 7.69. The summed E-state index contributed by atoms with van der Waals surface area (Å²) in [5, 5.41) is 0. The van der Waals surface area contributed by atoms with Crippen LogP contribution in [0, 0.1) is 6.92 Å². The predicted octanol–water partition coefficient (Wildman–Crippen LogP) is 4.94. The lowest BCUT2D eigenvalue weighted by molar-refractivity contribution is 0.0464. The van der Waals surface area contributed by atoms with Gasteiger partial charge >= 0.3 is 0 Å². The summed E-state index contributed by atoms with van der Waals surface area (Å²) in [5.74, 6) is 0.0796. The summed E-state index contributed by atoms with van der Waals surface area (Å²) in [7, 11) is 0. The molecule has 1 atom stereocenters. The van der Waals surface area contributed by atoms with Crippen molar-refractivity contribution in [3.63, 3.8) is 0 Å². The van der Waals surface area contributed by atoms with Crippen LogP contribution in [-0.2, 0) is 4.74 Å². The number of ether oxygens (including phenoxy) is 1. The van der Waals surface area contributed by atoms with Crippen LogP contribution in [0.3, 0.4) is 0 Å². The maximum absolute atomic E-state index is 12.1. The second-order valence-electron chi connectivity index (χ2n) is 5.51. The highest BCUT2D eigenvalue weighted by molar-refractivity contribution is 5.99. The smallest absolute Gasteiger partial charge is 0.191 e. The van der Waals surface area contributed by atoms with Gasteiger partial charge in [0.15, 0.2) is 5.78 Å². The minimum atomic E-state index is -0.339. The molecule has 2 nitrogen and oxygen atoms in total. The molecule has 0 heterocycles. The summed E-state index contributed by atoms with van der Waals surface area (Å²) < 4.78 is 5.65. The lowest BCUT2D eigenvalue weighted by Gasteiger charge is -2.12. The molecule has 0 aliphatic rings. The Morgan fingerprint density at radius 1 is 1.05 bits per heavy atom. The quantitative estimate of drug-likeness (QED) is 0.447. The van der Waals surface area contributed by atoms with Crippen LogP contribution in [0.5, 0.6) is 0 Å². The van der Waals surface area contributed by atoms with E-state index in [4.69, 9.17) is 4.74 Å². The second kappa shape index (κ2) is 9.71. The number of unbranched alkanes of at least 4 members (excludes halogenated alkanes) is 5. The van der Waals surface area contributed by atoms with Gasteiger partial charge in [0.2, 0.25) is 0 Å². The molecule has 0 bridgehead atoms. The van der Waals surface area contributed by atoms with E-state index in [1.54, 1.807) is 0 Å². The van der Waals surface area contributed by atoms with Gasteiger partial charge in [-0.25, -0.2) is 0 Å². The van der Waals surface area contributed by atoms with E-state index in [1.165, 1.54) is 37.7 Å². The largest absolute Gasteiger partial charge is 0.370 e. The number of Topliss-reactive ketones (excluding diaryl/α,β-unsaturated/α-hetero) is 1. The molecule has 0 aliphatic heterocycles. The third-order valence-corrected chi connectivity index (χ3v) is 3.57. The molecule has 0 fully saturated rings. The summed E-state index contributed by atoms with van der Waals surface area (Å²) in [6.45, 7) is 6.78. The Morgan fingerprint density at radius 2 is 1.65 bits per heavy atom. The van der Waals surface area contributed by atoms with E-state index in [0.29, 0.717) is 6.61 Å². The molecule has 1 rings (SSSR count). The van der Waals surface area contributed by atoms with Gasteiger partial charge in [-0.1, -0.05) is 68.9 Å². The SMILES string of the molecule is CCCCCCCCOC(C)C(=O)c1ccc(C)cc1. The molecule has 0 radical (unpaired) electrons. The van der Waals surface area contributed by atoms with Crippen LogP contribution in [0.15, 0.2) is 24.3 Å². The topological polar surface area (TPSA) is 26.3 Å². The highest BCUT2D eigenvalue weighted by Gasteiger charge is 2.15. The standard InChI is InChI=1S/C18H28O2/c1-4-5-6-7-8-9-14-20-16(3)18(19)17-12-10-15(2)11-13-17/h10-13,16H,4-9,14H2,1-3H3. The number of carbonyl (C=O) groups excluding carboxylic acids is 1. The van der Waals surface area contributed by atoms with Crippen molar-refractivity contribution in [1.82, 2.24) is 0 Å². The van der Waals surface area contributed by atoms with Gasteiger partial charge in [-0.3, -0.25) is 4.79 Å². The van der Waals surface area contributed by atoms with Crippen molar-refractivity contribution in [3.8, 4) is 0 Å². The molecule has 0 N–H and O–H groups in total. The maximum atomic E-state index is 12.1. The van der Waals surface area contributed by atoms with Crippen molar-refractivity contribution in [2.24, 2.45) is 0 Å². The first-order chi connectivity index (χ1) is 9.65. The molecule has 1 unspecified atom stereocenters. The summed E-state index contributed by atoms with van der Waals surface area (Å²) in [4.78, 5) is 12.1. The fourth-order valence-electron chi connectivity index (χ4n) is 2.17. The van der Waals surface area contributed by atoms with Gasteiger partial charge in [-0.15, -0.1) is 0 Å². The van der Waals surface area contributed by atoms with E-state index >= 15 is 0 Å². The fraction of sp³-hybridized carbons (Fsp3) is 0.611. The first kappa shape index (κ1) is 16.9. The van der Waals surface area contributed by atoms with Gasteiger partial charge in [0.1, 0.15) is 6.10 Å². The minimum absolute atomic E-state index is 0.0796. The van der Waals surface area contributed by atoms with E-state index in [9.17, 15) is 4.79 Å². The Hall–Kier alpha value is -1.15. The summed E-state index contributed by atoms with van der Waals surface area (Å²) in [5.41, 5.74) is 1.91. The van der Waals surface area contributed by atoms with Gasteiger partial charge in [0, 0.05) is 12.2 Å². The van der Waals surface area contributed by atoms with Crippen LogP contribution in [0.2, 0.25) is 0 Å². The average molecular weight is 276 g/mol. The number of hydrogen-bond acceptors (Lipinski definition) is 2. The molecule has 0 saturated heterocycles. The molecule has 0 saturated carbocycles. The van der Waals surface area contributed by atoms with Gasteiger partial charge in [-0.05, 0) is 20.3 Å². The van der Waals surface area contributed by atoms with Crippen LogP contribution in [0.4, 0.5) is 0 Å². The van der Waals surface area contributed by atoms with Crippen LogP contribution in [-0.4, -0.2) is 18.5 Å². The lowest BCUT2D eigenvalue weighted by Crippen LogP contribution is -2.21. The number of carbonyl (C=O) groups is 1. The number of hydrogen-bond donors (Lipinski definition) is 0. The normalized spacial score (nSPS) is 12.3. The third-order valence-electron chi connectivity index (χ3n) is 3.57. The number of ketones is 1. The molecule has 112 valence electrons. The predicted molar refractivity (Wildman–Crippen MR) is 84.3 cm³/mol. The van der Waals surface area contributed by atoms with Crippen LogP contribution >= 0.6 is 0 Å². The van der Waals surface area contributed by atoms with E-state index in [1.807, 2.05) is 38.1 Å². The number of rotatable bonds is 10. The Balaban J connectivity index is 2.20. The zero-order valence-corrected chi connectivity index (χ0v) is 13.2. The second-order valence-corrected chi connectivity index (χ2v) is 5.51. The molecule has 20 heavy (non-hydrogen) atoms. The van der Waals surface area contributed by atoms with Crippen molar-refractivity contribution in [2.45, 2.75) is 65.4 Å². The molecule has 0 amide bonds. The lowest BCUT2D eigenvalue weighted by atomic mass is 10.1. The van der Waals surface area contributed by atoms with E-state index in [-0.39, 0.29) is 11.9 Å². The number of benzene rings is 1. The molecule has 0 spiro atoms. The van der Waals surface area contributed by atoms with Crippen molar-refractivity contribution in [1.29, 1.82) is 0 Å². The third kappa shape index (κ3) is 6.33. The monoisotopic (exact) mass is 276 g/mol. The van der Waals surface area contributed by atoms with Crippen molar-refractivity contribution < 1.29 is 9.53 Å². The van der Waals surface area contributed by atoms with Crippen molar-refractivity contribution in [2.75, 3.05) is 6.61 Å². The molecular formula is C18H28O2. The molecular weight excluding hydrogens is 248 g/mol. The van der Waals surface area contributed by atoms with Crippen molar-refractivity contribution in [3.05, 3.63) is 35.4 Å². The van der Waals surface area contributed by atoms with Gasteiger partial charge in [0.25, 0.3) is 0 Å². The van der Waals surface area contributed by atoms with Gasteiger partial charge < -0.3 is 4.74 Å². The highest BCUT2D eigenvalue weighted by atomic mass is 16.5. The number of aryl methyl sites for hydroxylation is 1. The molecule has 1 aromatic rings. The maximum Gasteiger partial charge on any atom is 0.191 e. The van der Waals surface area contributed by atoms with Gasteiger partial charge in [0.05, 0.1) is 0 Å². The van der Waals surface area contributed by atoms with E-state index < -0.39 is 0 Å². The highest BCUT2D eigenvalue weighted by Crippen LogP contribution is 2.10. The van der Waals surface area contributed by atoms with Crippen molar-refractivity contribution >= 4 is 5.78 Å². The minimum Gasteiger partial charge on any atom is -0.370 e. The Labute approximate surface area is 123 Å². The van der Waals surface area contributed by atoms with Gasteiger partial charge in [-0.2, -0.15) is 0 Å². The fourth-order valence-corrected chi connectivity index (χ4v) is 2.17. The first-order valence-corrected chi connectivity index (χ1v) is 7.87. The van der Waals surface area contributed by atoms with Crippen LogP contribution in [0.25, 0.3) is 0 Å². The van der Waals surface area contributed by atoms with E-state index in [0.717, 1.165) is 12.0 Å². The summed E-state index contributed by atoms with van der Waals surface area (Å²) >= 11 is 0. The van der Waals surface area contributed by atoms with E-state index in [2.05, 4.69) is 6.92 Å². The van der Waals surface area contributed by atoms with Crippen LogP contribution in [0.1, 0.15) is 68.3 Å². The molecule has 0 aromatic heterocycles. The van der Waals surface area contributed by atoms with Crippen LogP contribution < -0.4 is 0 Å². The summed E-state index contributed by atoms with van der Waals surface area (Å²) in [6.07, 6.45) is 7.10. The average Bonchev–Trinajstić information content (AvgIpc) is 2.46. The molecule has 2 heteroatoms. The zero-order valence-electron chi connectivity index (χ0n) is 13.2. The Bertz CT molecular complexity index is 381. The molecule has 1 aromatic carbocycles. The molecule has 0 aliphatic carbocycles.